The van der Waals surface area contributed by atoms with Crippen LogP contribution in [0.4, 0.5) is 0 Å². The highest BCUT2D eigenvalue weighted by Gasteiger charge is 2.09. The Morgan fingerprint density at radius 2 is 1.26 bits per heavy atom. The van der Waals surface area contributed by atoms with E-state index in [0.717, 1.165) is 0 Å². The van der Waals surface area contributed by atoms with Crippen LogP contribution in [0.5, 0.6) is 23.0 Å². The number of aromatic nitrogens is 2. The maximum absolute atomic E-state index is 5.34. The molecule has 0 atom stereocenters. The van der Waals surface area contributed by atoms with Gasteiger partial charge in [0.1, 0.15) is 11.5 Å². The van der Waals surface area contributed by atoms with Crippen LogP contribution in [0, 0.1) is 0 Å². The van der Waals surface area contributed by atoms with Crippen LogP contribution in [0.3, 0.4) is 0 Å². The second-order valence-corrected chi connectivity index (χ2v) is 3.38. The van der Waals surface area contributed by atoms with Gasteiger partial charge in [-0.25, -0.2) is 0 Å². The third-order valence-electron chi connectivity index (χ3n) is 2.28. The zero-order valence-electron chi connectivity index (χ0n) is 10.6. The highest BCUT2D eigenvalue weighted by Crippen LogP contribution is 2.26. The molecule has 0 aromatic carbocycles. The van der Waals surface area contributed by atoms with Gasteiger partial charge in [-0.15, -0.1) is 0 Å². The number of rotatable bonds is 6. The summed E-state index contributed by atoms with van der Waals surface area (Å²) in [5.41, 5.74) is 0. The fourth-order valence-electron chi connectivity index (χ4n) is 1.36. The highest BCUT2D eigenvalue weighted by molar-refractivity contribution is 6.21. The maximum Gasteiger partial charge on any atom is 0.658 e. The molecule has 2 aromatic rings. The zero-order chi connectivity index (χ0) is 13.5. The smallest absolute Gasteiger partial charge is 0.524 e. The largest absolute Gasteiger partial charge is 0.658 e. The number of methoxy groups -OCH3 is 2. The normalized spacial score (nSPS) is 9.58. The maximum atomic E-state index is 5.34. The molecule has 0 N–H and O–H groups in total. The van der Waals surface area contributed by atoms with E-state index in [-0.39, 0.29) is 0 Å². The van der Waals surface area contributed by atoms with Crippen molar-refractivity contribution in [1.82, 2.24) is 9.97 Å². The molecule has 0 aliphatic heterocycles. The molecule has 2 aromatic heterocycles. The minimum absolute atomic E-state index is 0.505. The first kappa shape index (κ1) is 13.0. The molecule has 0 fully saturated rings. The summed E-state index contributed by atoms with van der Waals surface area (Å²) in [7, 11) is 4.27. The number of pyridine rings is 2. The van der Waals surface area contributed by atoms with Crippen LogP contribution in [-0.2, 0) is 0 Å². The molecule has 0 amide bonds. The van der Waals surface area contributed by atoms with Gasteiger partial charge >= 0.3 is 7.69 Å². The van der Waals surface area contributed by atoms with Crippen molar-refractivity contribution in [2.24, 2.45) is 0 Å². The molecule has 0 aliphatic rings. The number of ether oxygens (including phenoxy) is 2. The Labute approximate surface area is 111 Å². The lowest BCUT2D eigenvalue weighted by Gasteiger charge is -2.11. The first-order valence-corrected chi connectivity index (χ1v) is 5.46. The standard InChI is InChI=1S/C12H12BN2O4/c1-16-11-7-14-5-3-9(11)18-13-19-10-4-6-15-8-12(10)17-2/h3-8H,1-2H3. The third-order valence-corrected chi connectivity index (χ3v) is 2.28. The van der Waals surface area contributed by atoms with E-state index >= 15 is 0 Å². The summed E-state index contributed by atoms with van der Waals surface area (Å²) in [4.78, 5) is 7.84. The molecule has 0 saturated heterocycles. The van der Waals surface area contributed by atoms with E-state index in [1.54, 1.807) is 36.9 Å². The first-order valence-electron chi connectivity index (χ1n) is 5.46. The Hall–Kier alpha value is -2.44. The topological polar surface area (TPSA) is 62.7 Å². The van der Waals surface area contributed by atoms with Gasteiger partial charge in [-0.3, -0.25) is 9.97 Å². The molecule has 7 heteroatoms. The molecular weight excluding hydrogens is 247 g/mol. The summed E-state index contributed by atoms with van der Waals surface area (Å²) in [6.45, 7) is 0. The summed E-state index contributed by atoms with van der Waals surface area (Å²) in [6, 6.07) is 3.34. The van der Waals surface area contributed by atoms with Crippen LogP contribution in [0.25, 0.3) is 0 Å². The van der Waals surface area contributed by atoms with E-state index < -0.39 is 0 Å². The Balaban J connectivity index is 1.96. The van der Waals surface area contributed by atoms with Crippen LogP contribution < -0.4 is 18.8 Å². The minimum atomic E-state index is 0.505. The van der Waals surface area contributed by atoms with E-state index in [2.05, 4.69) is 9.97 Å². The van der Waals surface area contributed by atoms with E-state index in [0.29, 0.717) is 23.0 Å². The van der Waals surface area contributed by atoms with Crippen molar-refractivity contribution in [2.75, 3.05) is 14.2 Å². The lowest BCUT2D eigenvalue weighted by Crippen LogP contribution is -2.12. The predicted molar refractivity (Wildman–Crippen MR) is 68.6 cm³/mol. The average Bonchev–Trinajstić information content (AvgIpc) is 2.48. The van der Waals surface area contributed by atoms with Crippen LogP contribution in [0.2, 0.25) is 0 Å². The van der Waals surface area contributed by atoms with Gasteiger partial charge in [-0.2, -0.15) is 0 Å². The lowest BCUT2D eigenvalue weighted by molar-refractivity contribution is 0.368. The van der Waals surface area contributed by atoms with Gasteiger partial charge in [-0.1, -0.05) is 0 Å². The molecule has 19 heavy (non-hydrogen) atoms. The average molecular weight is 259 g/mol. The summed E-state index contributed by atoms with van der Waals surface area (Å²) in [6.07, 6.45) is 6.30. The summed E-state index contributed by atoms with van der Waals surface area (Å²) >= 11 is 0. The van der Waals surface area contributed by atoms with Gasteiger partial charge in [0.25, 0.3) is 0 Å². The second-order valence-electron chi connectivity index (χ2n) is 3.38. The van der Waals surface area contributed by atoms with Gasteiger partial charge in [0, 0.05) is 24.5 Å². The van der Waals surface area contributed by atoms with Gasteiger partial charge in [0.2, 0.25) is 0 Å². The molecule has 0 spiro atoms. The SMILES string of the molecule is COc1cnccc1O[B]Oc1ccncc1OC. The van der Waals surface area contributed by atoms with Gasteiger partial charge in [-0.05, 0) is 0 Å². The van der Waals surface area contributed by atoms with Crippen molar-refractivity contribution in [3.63, 3.8) is 0 Å². The van der Waals surface area contributed by atoms with Crippen molar-refractivity contribution in [3.05, 3.63) is 36.9 Å². The molecule has 0 saturated carbocycles. The number of hydrogen-bond donors (Lipinski definition) is 0. The Kier molecular flexibility index (Phi) is 4.44. The molecule has 0 unspecified atom stereocenters. The molecule has 2 heterocycles. The van der Waals surface area contributed by atoms with E-state index in [9.17, 15) is 0 Å². The molecule has 0 aliphatic carbocycles. The molecule has 6 nitrogen and oxygen atoms in total. The van der Waals surface area contributed by atoms with E-state index in [1.165, 1.54) is 21.9 Å². The van der Waals surface area contributed by atoms with Crippen LogP contribution in [0.15, 0.2) is 36.9 Å². The third kappa shape index (κ3) is 3.28. The number of hydrogen-bond acceptors (Lipinski definition) is 6. The summed E-state index contributed by atoms with van der Waals surface area (Å²) < 4.78 is 20.9. The fraction of sp³-hybridized carbons (Fsp3) is 0.167. The quantitative estimate of drug-likeness (QED) is 0.732. The first-order chi connectivity index (χ1) is 9.35. The van der Waals surface area contributed by atoms with Gasteiger partial charge in [0.05, 0.1) is 26.6 Å². The molecule has 1 radical (unpaired) electrons. The van der Waals surface area contributed by atoms with Crippen molar-refractivity contribution >= 4 is 7.69 Å². The highest BCUT2D eigenvalue weighted by atomic mass is 16.6. The fourth-order valence-corrected chi connectivity index (χ4v) is 1.36. The molecule has 0 bridgehead atoms. The van der Waals surface area contributed by atoms with E-state index in [1.807, 2.05) is 0 Å². The number of nitrogens with zero attached hydrogens (tertiary/aromatic N) is 2. The second kappa shape index (κ2) is 6.48. The molecule has 97 valence electrons. The monoisotopic (exact) mass is 259 g/mol. The Morgan fingerprint density at radius 3 is 1.68 bits per heavy atom. The Morgan fingerprint density at radius 1 is 0.789 bits per heavy atom. The van der Waals surface area contributed by atoms with Gasteiger partial charge < -0.3 is 18.8 Å². The van der Waals surface area contributed by atoms with Crippen LogP contribution in [-0.4, -0.2) is 31.9 Å². The van der Waals surface area contributed by atoms with Crippen LogP contribution >= 0.6 is 0 Å². The lowest BCUT2D eigenvalue weighted by atomic mass is 10.3. The van der Waals surface area contributed by atoms with Gasteiger partial charge in [0.15, 0.2) is 11.5 Å². The molecular formula is C12H12BN2O4. The zero-order valence-corrected chi connectivity index (χ0v) is 10.6. The predicted octanol–water partition coefficient (Wildman–Crippen LogP) is 1.49. The van der Waals surface area contributed by atoms with Crippen LogP contribution in [0.1, 0.15) is 0 Å². The Bertz CT molecular complexity index is 491. The van der Waals surface area contributed by atoms with E-state index in [4.69, 9.17) is 18.8 Å². The van der Waals surface area contributed by atoms with Crippen molar-refractivity contribution < 1.29 is 18.8 Å². The van der Waals surface area contributed by atoms with Crippen molar-refractivity contribution in [2.45, 2.75) is 0 Å². The molecule has 2 rings (SSSR count). The minimum Gasteiger partial charge on any atom is -0.524 e. The van der Waals surface area contributed by atoms with Crippen molar-refractivity contribution in [3.8, 4) is 23.0 Å². The summed E-state index contributed by atoms with van der Waals surface area (Å²) in [5.74, 6) is 2.05. The summed E-state index contributed by atoms with van der Waals surface area (Å²) in [5, 5.41) is 0. The van der Waals surface area contributed by atoms with Crippen molar-refractivity contribution in [1.29, 1.82) is 0 Å².